The summed E-state index contributed by atoms with van der Waals surface area (Å²) < 4.78 is 1.72. The molecule has 2 aromatic heterocycles. The first kappa shape index (κ1) is 7.94. The van der Waals surface area contributed by atoms with Crippen molar-refractivity contribution in [1.29, 1.82) is 0 Å². The Balaban J connectivity index is 2.41. The Morgan fingerprint density at radius 2 is 2.31 bits per heavy atom. The van der Waals surface area contributed by atoms with Gasteiger partial charge in [-0.15, -0.1) is 0 Å². The molecule has 0 aliphatic heterocycles. The Morgan fingerprint density at radius 1 is 1.38 bits per heavy atom. The molecule has 0 amide bonds. The zero-order valence-corrected chi connectivity index (χ0v) is 6.96. The van der Waals surface area contributed by atoms with Gasteiger partial charge in [0.25, 0.3) is 0 Å². The first-order valence-electron chi connectivity index (χ1n) is 3.96. The number of hydrogen-bond donors (Lipinski definition) is 1. The molecule has 0 fully saturated rings. The lowest BCUT2D eigenvalue weighted by atomic mass is 10.3. The van der Waals surface area contributed by atoms with Crippen molar-refractivity contribution >= 4 is 0 Å². The third-order valence-electron chi connectivity index (χ3n) is 1.73. The normalized spacial score (nSPS) is 10.2. The number of pyridine rings is 1. The minimum absolute atomic E-state index is 0.0465. The van der Waals surface area contributed by atoms with Gasteiger partial charge < -0.3 is 5.11 Å². The van der Waals surface area contributed by atoms with Crippen molar-refractivity contribution in [2.24, 2.45) is 0 Å². The second-order valence-electron chi connectivity index (χ2n) is 2.61. The largest absolute Gasteiger partial charge is 0.390 e. The molecule has 2 aromatic rings. The van der Waals surface area contributed by atoms with E-state index in [4.69, 9.17) is 5.11 Å². The summed E-state index contributed by atoms with van der Waals surface area (Å²) in [7, 11) is 0. The molecule has 0 bridgehead atoms. The monoisotopic (exact) mass is 175 g/mol. The highest BCUT2D eigenvalue weighted by molar-refractivity contribution is 5.30. The maximum Gasteiger partial charge on any atom is 0.0853 e. The first-order chi connectivity index (χ1) is 6.40. The Hall–Kier alpha value is -1.68. The highest BCUT2D eigenvalue weighted by Gasteiger charge is 1.97. The molecule has 0 aliphatic rings. The van der Waals surface area contributed by atoms with Crippen LogP contribution in [0.1, 0.15) is 5.69 Å². The van der Waals surface area contributed by atoms with Crippen molar-refractivity contribution in [2.45, 2.75) is 6.61 Å². The van der Waals surface area contributed by atoms with E-state index in [-0.39, 0.29) is 6.61 Å². The van der Waals surface area contributed by atoms with E-state index < -0.39 is 0 Å². The maximum atomic E-state index is 8.87. The molecule has 0 saturated carbocycles. The van der Waals surface area contributed by atoms with Crippen LogP contribution in [0.5, 0.6) is 0 Å². The zero-order valence-electron chi connectivity index (χ0n) is 6.96. The third kappa shape index (κ3) is 1.57. The standard InChI is InChI=1S/C9H9N3O/c13-7-8-6-9(2-4-10-8)12-5-1-3-11-12/h1-6,13H,7H2. The molecule has 2 rings (SSSR count). The molecule has 4 heteroatoms. The predicted molar refractivity (Wildman–Crippen MR) is 47.3 cm³/mol. The van der Waals surface area contributed by atoms with Gasteiger partial charge in [-0.05, 0) is 18.2 Å². The van der Waals surface area contributed by atoms with E-state index in [1.54, 1.807) is 23.1 Å². The van der Waals surface area contributed by atoms with Crippen LogP contribution >= 0.6 is 0 Å². The van der Waals surface area contributed by atoms with Gasteiger partial charge in [-0.1, -0.05) is 0 Å². The van der Waals surface area contributed by atoms with Crippen molar-refractivity contribution in [3.63, 3.8) is 0 Å². The fourth-order valence-corrected chi connectivity index (χ4v) is 1.12. The summed E-state index contributed by atoms with van der Waals surface area (Å²) in [6.07, 6.45) is 5.21. The smallest absolute Gasteiger partial charge is 0.0853 e. The Morgan fingerprint density at radius 3 is 3.00 bits per heavy atom. The minimum Gasteiger partial charge on any atom is -0.390 e. The summed E-state index contributed by atoms with van der Waals surface area (Å²) in [5.41, 5.74) is 1.55. The van der Waals surface area contributed by atoms with Crippen LogP contribution in [-0.4, -0.2) is 19.9 Å². The molecular formula is C9H9N3O. The van der Waals surface area contributed by atoms with Crippen LogP contribution in [0.15, 0.2) is 36.8 Å². The number of aliphatic hydroxyl groups excluding tert-OH is 1. The molecule has 0 unspecified atom stereocenters. The van der Waals surface area contributed by atoms with Gasteiger partial charge in [0.2, 0.25) is 0 Å². The lowest BCUT2D eigenvalue weighted by Gasteiger charge is -2.01. The van der Waals surface area contributed by atoms with Crippen LogP contribution in [0.2, 0.25) is 0 Å². The van der Waals surface area contributed by atoms with E-state index in [0.29, 0.717) is 5.69 Å². The molecule has 1 N–H and O–H groups in total. The number of hydrogen-bond acceptors (Lipinski definition) is 3. The van der Waals surface area contributed by atoms with Crippen LogP contribution in [0.4, 0.5) is 0 Å². The molecule has 13 heavy (non-hydrogen) atoms. The van der Waals surface area contributed by atoms with E-state index in [2.05, 4.69) is 10.1 Å². The van der Waals surface area contributed by atoms with Gasteiger partial charge in [0, 0.05) is 18.6 Å². The molecule has 4 nitrogen and oxygen atoms in total. The molecule has 0 aliphatic carbocycles. The van der Waals surface area contributed by atoms with Gasteiger partial charge in [-0.25, -0.2) is 4.68 Å². The van der Waals surface area contributed by atoms with Gasteiger partial charge in [0.05, 0.1) is 18.0 Å². The van der Waals surface area contributed by atoms with Crippen LogP contribution in [0.3, 0.4) is 0 Å². The van der Waals surface area contributed by atoms with Crippen LogP contribution in [0, 0.1) is 0 Å². The molecular weight excluding hydrogens is 166 g/mol. The summed E-state index contributed by atoms with van der Waals surface area (Å²) in [6, 6.07) is 5.48. The molecule has 0 saturated heterocycles. The average Bonchev–Trinajstić information content (AvgIpc) is 2.71. The second kappa shape index (κ2) is 3.37. The molecule has 0 spiro atoms. The van der Waals surface area contributed by atoms with Gasteiger partial charge in [-0.3, -0.25) is 4.98 Å². The van der Waals surface area contributed by atoms with Crippen molar-refractivity contribution in [2.75, 3.05) is 0 Å². The highest BCUT2D eigenvalue weighted by atomic mass is 16.3. The Kier molecular flexibility index (Phi) is 2.06. The van der Waals surface area contributed by atoms with E-state index in [9.17, 15) is 0 Å². The highest BCUT2D eigenvalue weighted by Crippen LogP contribution is 2.06. The Bertz CT molecular complexity index is 384. The molecule has 0 radical (unpaired) electrons. The van der Waals surface area contributed by atoms with Crippen molar-refractivity contribution in [1.82, 2.24) is 14.8 Å². The van der Waals surface area contributed by atoms with Crippen molar-refractivity contribution in [3.05, 3.63) is 42.5 Å². The van der Waals surface area contributed by atoms with Gasteiger partial charge in [0.15, 0.2) is 0 Å². The van der Waals surface area contributed by atoms with Crippen molar-refractivity contribution in [3.8, 4) is 5.69 Å². The zero-order chi connectivity index (χ0) is 9.10. The summed E-state index contributed by atoms with van der Waals surface area (Å²) >= 11 is 0. The fraction of sp³-hybridized carbons (Fsp3) is 0.111. The predicted octanol–water partition coefficient (Wildman–Crippen LogP) is 0.760. The molecule has 66 valence electrons. The van der Waals surface area contributed by atoms with Crippen LogP contribution in [0.25, 0.3) is 5.69 Å². The number of aliphatic hydroxyl groups is 1. The minimum atomic E-state index is -0.0465. The van der Waals surface area contributed by atoms with Crippen LogP contribution < -0.4 is 0 Å². The second-order valence-corrected chi connectivity index (χ2v) is 2.61. The number of aromatic nitrogens is 3. The van der Waals surface area contributed by atoms with Gasteiger partial charge >= 0.3 is 0 Å². The molecule has 0 aromatic carbocycles. The third-order valence-corrected chi connectivity index (χ3v) is 1.73. The van der Waals surface area contributed by atoms with E-state index in [1.165, 1.54) is 0 Å². The summed E-state index contributed by atoms with van der Waals surface area (Å²) in [5, 5.41) is 12.9. The van der Waals surface area contributed by atoms with E-state index >= 15 is 0 Å². The van der Waals surface area contributed by atoms with Crippen LogP contribution in [-0.2, 0) is 6.61 Å². The maximum absolute atomic E-state index is 8.87. The first-order valence-corrected chi connectivity index (χ1v) is 3.96. The van der Waals surface area contributed by atoms with Crippen molar-refractivity contribution < 1.29 is 5.11 Å². The van der Waals surface area contributed by atoms with E-state index in [0.717, 1.165) is 5.69 Å². The topological polar surface area (TPSA) is 50.9 Å². The fourth-order valence-electron chi connectivity index (χ4n) is 1.12. The van der Waals surface area contributed by atoms with Gasteiger partial charge in [0.1, 0.15) is 0 Å². The quantitative estimate of drug-likeness (QED) is 0.733. The van der Waals surface area contributed by atoms with Gasteiger partial charge in [-0.2, -0.15) is 5.10 Å². The molecule has 0 atom stereocenters. The summed E-state index contributed by atoms with van der Waals surface area (Å²) in [4.78, 5) is 3.98. The lowest BCUT2D eigenvalue weighted by molar-refractivity contribution is 0.277. The number of nitrogens with zero attached hydrogens (tertiary/aromatic N) is 3. The summed E-state index contributed by atoms with van der Waals surface area (Å²) in [6.45, 7) is -0.0465. The Labute approximate surface area is 75.5 Å². The number of rotatable bonds is 2. The lowest BCUT2D eigenvalue weighted by Crippen LogP contribution is -1.97. The summed E-state index contributed by atoms with van der Waals surface area (Å²) in [5.74, 6) is 0. The average molecular weight is 175 g/mol. The van der Waals surface area contributed by atoms with E-state index in [1.807, 2.05) is 18.3 Å². The molecule has 2 heterocycles. The SMILES string of the molecule is OCc1cc(-n2cccn2)ccn1.